The fraction of sp³-hybridized carbons (Fsp3) is 0.381. The Kier molecular flexibility index (Phi) is 6.66. The maximum absolute atomic E-state index is 12.3. The number of rotatable bonds is 8. The second-order valence-electron chi connectivity index (χ2n) is 7.67. The van der Waals surface area contributed by atoms with Crippen molar-refractivity contribution in [2.24, 2.45) is 0 Å². The van der Waals surface area contributed by atoms with Crippen molar-refractivity contribution in [3.05, 3.63) is 58.0 Å². The van der Waals surface area contributed by atoms with Crippen molar-refractivity contribution in [2.75, 3.05) is 44.2 Å². The summed E-state index contributed by atoms with van der Waals surface area (Å²) in [5.74, 6) is 0. The van der Waals surface area contributed by atoms with E-state index >= 15 is 0 Å². The molecule has 2 aromatic carbocycles. The van der Waals surface area contributed by atoms with Crippen molar-refractivity contribution in [3.8, 4) is 0 Å². The fourth-order valence-electron chi connectivity index (χ4n) is 3.90. The van der Waals surface area contributed by atoms with Gasteiger partial charge in [0.1, 0.15) is 0 Å². The third kappa shape index (κ3) is 5.30. The summed E-state index contributed by atoms with van der Waals surface area (Å²) in [5.41, 5.74) is 2.54. The van der Waals surface area contributed by atoms with Gasteiger partial charge in [0.15, 0.2) is 0 Å². The monoisotopic (exact) mass is 463 g/mol. The van der Waals surface area contributed by atoms with Gasteiger partial charge >= 0.3 is 5.69 Å². The third-order valence-electron chi connectivity index (χ3n) is 5.54. The summed E-state index contributed by atoms with van der Waals surface area (Å²) in [6.07, 6.45) is 1.68. The molecule has 8 nitrogen and oxygen atoms in total. The van der Waals surface area contributed by atoms with Crippen molar-refractivity contribution >= 4 is 38.3 Å². The second kappa shape index (κ2) is 9.44. The molecule has 31 heavy (non-hydrogen) atoms. The van der Waals surface area contributed by atoms with Crippen molar-refractivity contribution in [1.82, 2.24) is 19.6 Å². The van der Waals surface area contributed by atoms with E-state index in [9.17, 15) is 13.2 Å². The molecule has 1 aromatic heterocycles. The number of para-hydroxylation sites is 1. The van der Waals surface area contributed by atoms with Gasteiger partial charge in [0.25, 0.3) is 0 Å². The summed E-state index contributed by atoms with van der Waals surface area (Å²) in [6.45, 7) is 4.95. The lowest BCUT2D eigenvalue weighted by molar-refractivity contribution is 0.253. The number of piperazine rings is 1. The van der Waals surface area contributed by atoms with Crippen LogP contribution in [-0.4, -0.2) is 62.6 Å². The summed E-state index contributed by atoms with van der Waals surface area (Å²) in [6, 6.07) is 12.2. The largest absolute Gasteiger partial charge is 0.367 e. The number of benzene rings is 2. The molecule has 3 N–H and O–H groups in total. The van der Waals surface area contributed by atoms with E-state index in [-0.39, 0.29) is 10.6 Å². The zero-order valence-corrected chi connectivity index (χ0v) is 18.7. The summed E-state index contributed by atoms with van der Waals surface area (Å²) < 4.78 is 27.3. The molecule has 1 aliphatic rings. The van der Waals surface area contributed by atoms with Crippen LogP contribution in [0, 0.1) is 0 Å². The molecule has 2 heterocycles. The van der Waals surface area contributed by atoms with Gasteiger partial charge in [-0.25, -0.2) is 17.9 Å². The first-order valence-corrected chi connectivity index (χ1v) is 12.2. The number of aromatic amines is 2. The zero-order valence-electron chi connectivity index (χ0n) is 17.1. The molecule has 0 radical (unpaired) electrons. The van der Waals surface area contributed by atoms with Crippen LogP contribution in [0.25, 0.3) is 11.0 Å². The first-order chi connectivity index (χ1) is 14.9. The molecule has 1 fully saturated rings. The van der Waals surface area contributed by atoms with E-state index < -0.39 is 10.0 Å². The van der Waals surface area contributed by atoms with Gasteiger partial charge in [-0.05, 0) is 49.7 Å². The van der Waals surface area contributed by atoms with Crippen LogP contribution >= 0.6 is 11.6 Å². The van der Waals surface area contributed by atoms with Crippen LogP contribution in [0.4, 0.5) is 5.69 Å². The number of sulfonamides is 1. The lowest BCUT2D eigenvalue weighted by Gasteiger charge is -2.36. The number of anilines is 1. The highest BCUT2D eigenvalue weighted by Crippen LogP contribution is 2.24. The van der Waals surface area contributed by atoms with Crippen LogP contribution in [0.5, 0.6) is 0 Å². The molecule has 3 aromatic rings. The van der Waals surface area contributed by atoms with Gasteiger partial charge in [-0.2, -0.15) is 0 Å². The molecule has 0 spiro atoms. The first kappa shape index (κ1) is 21.9. The molecule has 0 saturated carbocycles. The van der Waals surface area contributed by atoms with Crippen LogP contribution in [0.2, 0.25) is 5.02 Å². The number of nitrogens with zero attached hydrogens (tertiary/aromatic N) is 2. The normalized spacial score (nSPS) is 15.6. The molecule has 0 unspecified atom stereocenters. The van der Waals surface area contributed by atoms with E-state index in [4.69, 9.17) is 11.6 Å². The molecule has 0 atom stereocenters. The Morgan fingerprint density at radius 3 is 2.55 bits per heavy atom. The summed E-state index contributed by atoms with van der Waals surface area (Å²) in [5, 5.41) is 0.404. The van der Waals surface area contributed by atoms with Gasteiger partial charge in [0.05, 0.1) is 21.6 Å². The Bertz CT molecular complexity index is 1200. The molecular formula is C21H26ClN5O3S. The number of hydrogen-bond donors (Lipinski definition) is 3. The number of hydrogen-bond acceptors (Lipinski definition) is 5. The number of nitrogens with one attached hydrogen (secondary N) is 3. The summed E-state index contributed by atoms with van der Waals surface area (Å²) in [7, 11) is -3.52. The van der Waals surface area contributed by atoms with E-state index in [1.165, 1.54) is 12.1 Å². The smallest absolute Gasteiger partial charge is 0.323 e. The van der Waals surface area contributed by atoms with Gasteiger partial charge in [0, 0.05) is 37.7 Å². The van der Waals surface area contributed by atoms with Gasteiger partial charge in [-0.3, -0.25) is 4.90 Å². The Morgan fingerprint density at radius 1 is 1.00 bits per heavy atom. The average Bonchev–Trinajstić information content (AvgIpc) is 3.14. The standard InChI is InChI=1S/C21H26ClN5O3S/c22-16-5-3-6-17(15-16)31(29,30)23-9-1-2-10-26-11-13-27(14-12-26)19-8-4-7-18-20(19)25-21(28)24-18/h3-8,15,23H,1-2,9-14H2,(H2,24,25,28). The minimum Gasteiger partial charge on any atom is -0.367 e. The average molecular weight is 464 g/mol. The number of H-pyrrole nitrogens is 2. The van der Waals surface area contributed by atoms with Crippen molar-refractivity contribution in [1.29, 1.82) is 0 Å². The van der Waals surface area contributed by atoms with E-state index in [0.717, 1.165) is 62.3 Å². The first-order valence-electron chi connectivity index (χ1n) is 10.4. The van der Waals surface area contributed by atoms with Crippen LogP contribution in [0.3, 0.4) is 0 Å². The molecule has 1 saturated heterocycles. The Labute approximate surface area is 186 Å². The SMILES string of the molecule is O=c1[nH]c2cccc(N3CCN(CCCCNS(=O)(=O)c4cccc(Cl)c4)CC3)c2[nH]1. The molecule has 0 bridgehead atoms. The van der Waals surface area contributed by atoms with Gasteiger partial charge in [-0.15, -0.1) is 0 Å². The molecule has 0 aliphatic carbocycles. The third-order valence-corrected chi connectivity index (χ3v) is 7.24. The highest BCUT2D eigenvalue weighted by molar-refractivity contribution is 7.89. The Morgan fingerprint density at radius 2 is 1.77 bits per heavy atom. The van der Waals surface area contributed by atoms with E-state index in [0.29, 0.717) is 11.6 Å². The molecule has 4 rings (SSSR count). The van der Waals surface area contributed by atoms with Crippen molar-refractivity contribution < 1.29 is 8.42 Å². The van der Waals surface area contributed by atoms with Crippen LogP contribution in [-0.2, 0) is 10.0 Å². The maximum Gasteiger partial charge on any atom is 0.323 e. The maximum atomic E-state index is 12.3. The zero-order chi connectivity index (χ0) is 21.8. The van der Waals surface area contributed by atoms with E-state index in [2.05, 4.69) is 24.5 Å². The molecule has 166 valence electrons. The van der Waals surface area contributed by atoms with Gasteiger partial charge < -0.3 is 14.9 Å². The van der Waals surface area contributed by atoms with Crippen LogP contribution < -0.4 is 15.3 Å². The summed E-state index contributed by atoms with van der Waals surface area (Å²) in [4.78, 5) is 22.2. The topological polar surface area (TPSA) is 101 Å². The Balaban J connectivity index is 1.21. The number of unbranched alkanes of at least 4 members (excludes halogenated alkanes) is 1. The predicted molar refractivity (Wildman–Crippen MR) is 123 cm³/mol. The highest BCUT2D eigenvalue weighted by atomic mass is 35.5. The van der Waals surface area contributed by atoms with E-state index in [1.807, 2.05) is 18.2 Å². The van der Waals surface area contributed by atoms with Crippen molar-refractivity contribution in [2.45, 2.75) is 17.7 Å². The van der Waals surface area contributed by atoms with Gasteiger partial charge in [0.2, 0.25) is 10.0 Å². The minimum absolute atomic E-state index is 0.188. The number of imidazole rings is 1. The van der Waals surface area contributed by atoms with Crippen LogP contribution in [0.1, 0.15) is 12.8 Å². The quantitative estimate of drug-likeness (QED) is 0.445. The van der Waals surface area contributed by atoms with Gasteiger partial charge in [-0.1, -0.05) is 23.7 Å². The number of halogens is 1. The second-order valence-corrected chi connectivity index (χ2v) is 9.87. The molecule has 10 heteroatoms. The van der Waals surface area contributed by atoms with E-state index in [1.54, 1.807) is 12.1 Å². The van der Waals surface area contributed by atoms with Crippen LogP contribution in [0.15, 0.2) is 52.2 Å². The molecule has 1 aliphatic heterocycles. The van der Waals surface area contributed by atoms with Crippen molar-refractivity contribution in [3.63, 3.8) is 0 Å². The molecular weight excluding hydrogens is 438 g/mol. The number of fused-ring (bicyclic) bond motifs is 1. The highest BCUT2D eigenvalue weighted by Gasteiger charge is 2.19. The Hall–Kier alpha value is -2.33. The number of aromatic nitrogens is 2. The predicted octanol–water partition coefficient (Wildman–Crippen LogP) is 2.39. The minimum atomic E-state index is -3.52. The lowest BCUT2D eigenvalue weighted by atomic mass is 10.2. The lowest BCUT2D eigenvalue weighted by Crippen LogP contribution is -2.46. The fourth-order valence-corrected chi connectivity index (χ4v) is 5.28. The summed E-state index contributed by atoms with van der Waals surface area (Å²) >= 11 is 5.88. The molecule has 0 amide bonds.